The van der Waals surface area contributed by atoms with Gasteiger partial charge in [0.05, 0.1) is 17.6 Å². The summed E-state index contributed by atoms with van der Waals surface area (Å²) in [6.45, 7) is 2.22. The molecular weight excluding hydrogens is 360 g/mol. The van der Waals surface area contributed by atoms with Crippen LogP contribution in [0.3, 0.4) is 0 Å². The Kier molecular flexibility index (Phi) is 4.50. The fourth-order valence-corrected chi connectivity index (χ4v) is 4.22. The number of nitrogens with one attached hydrogen (secondary N) is 1. The Bertz CT molecular complexity index is 947. The number of anilines is 1. The molecular formula is C21H21ClN4O. The third-order valence-electron chi connectivity index (χ3n) is 5.57. The van der Waals surface area contributed by atoms with Gasteiger partial charge >= 0.3 is 0 Å². The third kappa shape index (κ3) is 2.74. The molecule has 5 nitrogen and oxygen atoms in total. The van der Waals surface area contributed by atoms with Gasteiger partial charge in [0, 0.05) is 24.6 Å². The minimum absolute atomic E-state index is 0. The number of nitrogens with zero attached hydrogens (tertiary/aromatic N) is 3. The molecule has 1 unspecified atom stereocenters. The van der Waals surface area contributed by atoms with E-state index in [1.807, 2.05) is 46.1 Å². The van der Waals surface area contributed by atoms with Crippen molar-refractivity contribution in [2.45, 2.75) is 18.4 Å². The Balaban J connectivity index is 0.00000180. The third-order valence-corrected chi connectivity index (χ3v) is 5.57. The number of carbonyl (C=O) groups is 1. The number of amides is 1. The molecule has 1 spiro atoms. The van der Waals surface area contributed by atoms with Crippen molar-refractivity contribution < 1.29 is 4.79 Å². The topological polar surface area (TPSA) is 50.2 Å². The summed E-state index contributed by atoms with van der Waals surface area (Å²) in [5, 5.41) is 7.63. The molecule has 2 aliphatic rings. The summed E-state index contributed by atoms with van der Waals surface area (Å²) < 4.78 is 1.83. The zero-order chi connectivity index (χ0) is 17.6. The van der Waals surface area contributed by atoms with Gasteiger partial charge in [0.15, 0.2) is 0 Å². The van der Waals surface area contributed by atoms with E-state index in [4.69, 9.17) is 0 Å². The van der Waals surface area contributed by atoms with Crippen LogP contribution in [-0.2, 0) is 16.8 Å². The highest BCUT2D eigenvalue weighted by molar-refractivity contribution is 6.08. The minimum atomic E-state index is -0.383. The number of carbonyl (C=O) groups excluding carboxylic acids is 1. The summed E-state index contributed by atoms with van der Waals surface area (Å²) in [4.78, 5) is 15.3. The number of hydrogen-bond acceptors (Lipinski definition) is 3. The van der Waals surface area contributed by atoms with Gasteiger partial charge in [0.25, 0.3) is 0 Å². The van der Waals surface area contributed by atoms with Crippen LogP contribution in [-0.4, -0.2) is 28.8 Å². The van der Waals surface area contributed by atoms with Crippen molar-refractivity contribution in [2.24, 2.45) is 0 Å². The van der Waals surface area contributed by atoms with E-state index in [9.17, 15) is 4.79 Å². The van der Waals surface area contributed by atoms with Crippen molar-refractivity contribution >= 4 is 24.0 Å². The number of para-hydroxylation sites is 1. The Morgan fingerprint density at radius 1 is 1.07 bits per heavy atom. The van der Waals surface area contributed by atoms with Crippen LogP contribution in [0.1, 0.15) is 17.5 Å². The first-order valence-electron chi connectivity index (χ1n) is 8.99. The first-order valence-corrected chi connectivity index (χ1v) is 8.99. The fraction of sp³-hybridized carbons (Fsp3) is 0.238. The highest BCUT2D eigenvalue weighted by Gasteiger charge is 2.52. The van der Waals surface area contributed by atoms with Gasteiger partial charge in [-0.15, -0.1) is 12.4 Å². The van der Waals surface area contributed by atoms with Gasteiger partial charge in [-0.05, 0) is 48.4 Å². The largest absolute Gasteiger partial charge is 0.315 e. The van der Waals surface area contributed by atoms with E-state index in [1.165, 1.54) is 5.56 Å². The van der Waals surface area contributed by atoms with Crippen molar-refractivity contribution in [1.29, 1.82) is 0 Å². The standard InChI is InChI=1S/C21H20N4O.ClH/c26-20-21(10-12-22-15-21)18-4-1-2-5-19(18)24(20)14-16-6-8-17(9-7-16)25-13-3-11-23-25;/h1-9,11,13,22H,10,12,14-15H2;1H. The zero-order valence-electron chi connectivity index (χ0n) is 14.8. The summed E-state index contributed by atoms with van der Waals surface area (Å²) in [5.41, 5.74) is 3.97. The lowest BCUT2D eigenvalue weighted by atomic mass is 9.81. The molecule has 1 aromatic heterocycles. The Hall–Kier alpha value is -2.63. The maximum Gasteiger partial charge on any atom is 0.239 e. The summed E-state index contributed by atoms with van der Waals surface area (Å²) >= 11 is 0. The van der Waals surface area contributed by atoms with Crippen LogP contribution in [0, 0.1) is 0 Å². The lowest BCUT2D eigenvalue weighted by molar-refractivity contribution is -0.122. The molecule has 1 atom stereocenters. The van der Waals surface area contributed by atoms with E-state index < -0.39 is 0 Å². The van der Waals surface area contributed by atoms with Gasteiger partial charge in [0.1, 0.15) is 0 Å². The van der Waals surface area contributed by atoms with Gasteiger partial charge in [-0.25, -0.2) is 4.68 Å². The average Bonchev–Trinajstić information content (AvgIpc) is 3.42. The molecule has 0 saturated carbocycles. The maximum absolute atomic E-state index is 13.3. The van der Waals surface area contributed by atoms with E-state index in [0.717, 1.165) is 36.4 Å². The predicted molar refractivity (Wildman–Crippen MR) is 108 cm³/mol. The molecule has 0 aliphatic carbocycles. The number of benzene rings is 2. The molecule has 1 amide bonds. The number of hydrogen-bond donors (Lipinski definition) is 1. The Morgan fingerprint density at radius 3 is 2.59 bits per heavy atom. The molecule has 2 aromatic carbocycles. The van der Waals surface area contributed by atoms with Crippen molar-refractivity contribution in [3.63, 3.8) is 0 Å². The molecule has 2 aliphatic heterocycles. The minimum Gasteiger partial charge on any atom is -0.315 e. The molecule has 138 valence electrons. The fourth-order valence-electron chi connectivity index (χ4n) is 4.22. The molecule has 3 aromatic rings. The summed E-state index contributed by atoms with van der Waals surface area (Å²) in [6, 6.07) is 18.4. The van der Waals surface area contributed by atoms with Gasteiger partial charge in [-0.3, -0.25) is 4.79 Å². The van der Waals surface area contributed by atoms with E-state index in [1.54, 1.807) is 6.20 Å². The van der Waals surface area contributed by atoms with Crippen LogP contribution in [0.2, 0.25) is 0 Å². The monoisotopic (exact) mass is 380 g/mol. The summed E-state index contributed by atoms with van der Waals surface area (Å²) in [5.74, 6) is 0.222. The SMILES string of the molecule is Cl.O=C1N(Cc2ccc(-n3cccn3)cc2)c2ccccc2C12CCNC2. The molecule has 0 bridgehead atoms. The second-order valence-electron chi connectivity index (χ2n) is 7.03. The lowest BCUT2D eigenvalue weighted by Gasteiger charge is -2.23. The van der Waals surface area contributed by atoms with Crippen LogP contribution in [0.4, 0.5) is 5.69 Å². The van der Waals surface area contributed by atoms with Crippen molar-refractivity contribution in [3.05, 3.63) is 78.1 Å². The second kappa shape index (κ2) is 6.83. The second-order valence-corrected chi connectivity index (χ2v) is 7.03. The molecule has 6 heteroatoms. The highest BCUT2D eigenvalue weighted by atomic mass is 35.5. The molecule has 1 N–H and O–H groups in total. The number of rotatable bonds is 3. The molecule has 1 fully saturated rings. The van der Waals surface area contributed by atoms with E-state index in [0.29, 0.717) is 6.54 Å². The van der Waals surface area contributed by atoms with E-state index in [2.05, 4.69) is 34.7 Å². The van der Waals surface area contributed by atoms with Gasteiger partial charge in [-0.2, -0.15) is 5.10 Å². The van der Waals surface area contributed by atoms with Crippen molar-refractivity contribution in [2.75, 3.05) is 18.0 Å². The Labute approximate surface area is 164 Å². The molecule has 27 heavy (non-hydrogen) atoms. The highest BCUT2D eigenvalue weighted by Crippen LogP contribution is 2.45. The van der Waals surface area contributed by atoms with Gasteiger partial charge in [-0.1, -0.05) is 30.3 Å². The number of halogens is 1. The average molecular weight is 381 g/mol. The quantitative estimate of drug-likeness (QED) is 0.759. The lowest BCUT2D eigenvalue weighted by Crippen LogP contribution is -2.41. The van der Waals surface area contributed by atoms with Crippen LogP contribution in [0.25, 0.3) is 5.69 Å². The van der Waals surface area contributed by atoms with Crippen LogP contribution >= 0.6 is 12.4 Å². The summed E-state index contributed by atoms with van der Waals surface area (Å²) in [7, 11) is 0. The number of fused-ring (bicyclic) bond motifs is 2. The Morgan fingerprint density at radius 2 is 1.89 bits per heavy atom. The van der Waals surface area contributed by atoms with E-state index >= 15 is 0 Å². The van der Waals surface area contributed by atoms with Gasteiger partial charge in [0.2, 0.25) is 5.91 Å². The first kappa shape index (κ1) is 17.8. The maximum atomic E-state index is 13.3. The zero-order valence-corrected chi connectivity index (χ0v) is 15.7. The predicted octanol–water partition coefficient (Wildman–Crippen LogP) is 3.07. The molecule has 5 rings (SSSR count). The molecule has 1 saturated heterocycles. The smallest absolute Gasteiger partial charge is 0.239 e. The van der Waals surface area contributed by atoms with Crippen LogP contribution in [0.5, 0.6) is 0 Å². The normalized spacial score (nSPS) is 20.7. The van der Waals surface area contributed by atoms with Crippen LogP contribution < -0.4 is 10.2 Å². The molecule has 0 radical (unpaired) electrons. The summed E-state index contributed by atoms with van der Waals surface area (Å²) in [6.07, 6.45) is 4.56. The molecule has 3 heterocycles. The van der Waals surface area contributed by atoms with Gasteiger partial charge < -0.3 is 10.2 Å². The first-order chi connectivity index (χ1) is 12.8. The van der Waals surface area contributed by atoms with E-state index in [-0.39, 0.29) is 23.7 Å². The number of aromatic nitrogens is 2. The van der Waals surface area contributed by atoms with Crippen LogP contribution in [0.15, 0.2) is 67.0 Å². The van der Waals surface area contributed by atoms with Crippen molar-refractivity contribution in [3.8, 4) is 5.69 Å². The van der Waals surface area contributed by atoms with Crippen molar-refractivity contribution in [1.82, 2.24) is 15.1 Å².